The summed E-state index contributed by atoms with van der Waals surface area (Å²) in [6.07, 6.45) is 2.49. The minimum absolute atomic E-state index is 0.438. The second-order valence-corrected chi connectivity index (χ2v) is 5.78. The third kappa shape index (κ3) is 6.33. The zero-order valence-electron chi connectivity index (χ0n) is 13.8. The molecule has 0 heterocycles. The van der Waals surface area contributed by atoms with Crippen LogP contribution in [-0.4, -0.2) is 49.7 Å². The Morgan fingerprint density at radius 1 is 1.04 bits per heavy atom. The van der Waals surface area contributed by atoms with Gasteiger partial charge in [-0.15, -0.1) is 0 Å². The van der Waals surface area contributed by atoms with Crippen LogP contribution in [0.5, 0.6) is 0 Å². The van der Waals surface area contributed by atoms with Gasteiger partial charge in [-0.2, -0.15) is 0 Å². The van der Waals surface area contributed by atoms with Crippen LogP contribution in [0, 0.1) is 5.92 Å². The lowest BCUT2D eigenvalue weighted by Gasteiger charge is -2.26. The fourth-order valence-corrected chi connectivity index (χ4v) is 2.08. The van der Waals surface area contributed by atoms with Crippen molar-refractivity contribution in [2.45, 2.75) is 45.6 Å². The van der Waals surface area contributed by atoms with Crippen LogP contribution in [-0.2, 0) is 19.2 Å². The predicted molar refractivity (Wildman–Crippen MR) is 83.4 cm³/mol. The first-order valence-corrected chi connectivity index (χ1v) is 7.16. The molecule has 0 bridgehead atoms. The standard InChI is InChI=1S/C16H22O8/c1-9(2)5-4-6-10(3)7-11(17)13(14(20)21)16(24,15(22)23)8-12(18)19/h5,7,13,24H,4,6,8H2,1-3H3,(H,18,19)(H,20,21)(H,22,23)/b10-7+. The molecule has 2 unspecified atom stereocenters. The molecule has 0 aromatic rings. The molecule has 4 N–H and O–H groups in total. The average Bonchev–Trinajstić information content (AvgIpc) is 2.35. The van der Waals surface area contributed by atoms with Crippen molar-refractivity contribution in [3.63, 3.8) is 0 Å². The minimum Gasteiger partial charge on any atom is -0.481 e. The SMILES string of the molecule is CC(C)=CCC/C(C)=C/C(=O)C(C(=O)O)C(O)(CC(=O)O)C(=O)O. The molecule has 24 heavy (non-hydrogen) atoms. The van der Waals surface area contributed by atoms with E-state index < -0.39 is 41.6 Å². The van der Waals surface area contributed by atoms with Crippen LogP contribution in [0.25, 0.3) is 0 Å². The van der Waals surface area contributed by atoms with Crippen molar-refractivity contribution in [3.05, 3.63) is 23.3 Å². The second kappa shape index (κ2) is 8.97. The first-order valence-electron chi connectivity index (χ1n) is 7.16. The number of aliphatic hydroxyl groups is 1. The number of rotatable bonds is 10. The van der Waals surface area contributed by atoms with Crippen molar-refractivity contribution < 1.29 is 39.6 Å². The number of hydrogen-bond acceptors (Lipinski definition) is 5. The summed E-state index contributed by atoms with van der Waals surface area (Å²) < 4.78 is 0. The Bertz CT molecular complexity index is 583. The largest absolute Gasteiger partial charge is 0.481 e. The molecule has 134 valence electrons. The number of aliphatic carboxylic acids is 3. The molecule has 0 saturated heterocycles. The summed E-state index contributed by atoms with van der Waals surface area (Å²) in [6, 6.07) is 0. The van der Waals surface area contributed by atoms with E-state index in [0.29, 0.717) is 18.4 Å². The predicted octanol–water partition coefficient (Wildman–Crippen LogP) is 1.24. The van der Waals surface area contributed by atoms with Crippen molar-refractivity contribution in [1.29, 1.82) is 0 Å². The lowest BCUT2D eigenvalue weighted by atomic mass is 9.81. The molecule has 0 fully saturated rings. The zero-order chi connectivity index (χ0) is 19.1. The Kier molecular flexibility index (Phi) is 8.05. The van der Waals surface area contributed by atoms with Crippen LogP contribution in [0.1, 0.15) is 40.0 Å². The van der Waals surface area contributed by atoms with E-state index in [0.717, 1.165) is 11.6 Å². The molecule has 0 amide bonds. The molecule has 0 aliphatic carbocycles. The fourth-order valence-electron chi connectivity index (χ4n) is 2.08. The van der Waals surface area contributed by atoms with Gasteiger partial charge in [0.15, 0.2) is 17.3 Å². The average molecular weight is 342 g/mol. The number of ketones is 1. The highest BCUT2D eigenvalue weighted by Crippen LogP contribution is 2.25. The third-order valence-corrected chi connectivity index (χ3v) is 3.28. The summed E-state index contributed by atoms with van der Waals surface area (Å²) in [5, 5.41) is 36.9. The van der Waals surface area contributed by atoms with E-state index in [1.165, 1.54) is 0 Å². The maximum Gasteiger partial charge on any atom is 0.337 e. The van der Waals surface area contributed by atoms with Gasteiger partial charge in [-0.3, -0.25) is 14.4 Å². The van der Waals surface area contributed by atoms with Gasteiger partial charge in [0.05, 0.1) is 6.42 Å². The minimum atomic E-state index is -3.23. The van der Waals surface area contributed by atoms with Crippen molar-refractivity contribution in [3.8, 4) is 0 Å². The van der Waals surface area contributed by atoms with Crippen LogP contribution in [0.4, 0.5) is 0 Å². The van der Waals surface area contributed by atoms with Gasteiger partial charge in [0.1, 0.15) is 0 Å². The first kappa shape index (κ1) is 21.5. The van der Waals surface area contributed by atoms with Crippen LogP contribution in [0.3, 0.4) is 0 Å². The van der Waals surface area contributed by atoms with Gasteiger partial charge in [0.25, 0.3) is 0 Å². The summed E-state index contributed by atoms with van der Waals surface area (Å²) >= 11 is 0. The van der Waals surface area contributed by atoms with E-state index in [4.69, 9.17) is 15.3 Å². The molecule has 8 nitrogen and oxygen atoms in total. The number of hydrogen-bond donors (Lipinski definition) is 4. The summed E-state index contributed by atoms with van der Waals surface area (Å²) in [6.45, 7) is 5.35. The van der Waals surface area contributed by atoms with E-state index in [9.17, 15) is 24.3 Å². The maximum atomic E-state index is 12.1. The summed E-state index contributed by atoms with van der Waals surface area (Å²) in [4.78, 5) is 45.3. The van der Waals surface area contributed by atoms with E-state index >= 15 is 0 Å². The Morgan fingerprint density at radius 3 is 1.96 bits per heavy atom. The van der Waals surface area contributed by atoms with Gasteiger partial charge < -0.3 is 20.4 Å². The highest BCUT2D eigenvalue weighted by atomic mass is 16.4. The fraction of sp³-hybridized carbons (Fsp3) is 0.500. The van der Waals surface area contributed by atoms with Gasteiger partial charge in [-0.25, -0.2) is 4.79 Å². The topological polar surface area (TPSA) is 149 Å². The normalized spacial score (nSPS) is 15.1. The smallest absolute Gasteiger partial charge is 0.337 e. The Balaban J connectivity index is 5.53. The van der Waals surface area contributed by atoms with Crippen molar-refractivity contribution >= 4 is 23.7 Å². The quantitative estimate of drug-likeness (QED) is 0.263. The van der Waals surface area contributed by atoms with Crippen LogP contribution < -0.4 is 0 Å². The maximum absolute atomic E-state index is 12.1. The Morgan fingerprint density at radius 2 is 1.58 bits per heavy atom. The van der Waals surface area contributed by atoms with E-state index in [2.05, 4.69) is 0 Å². The van der Waals surface area contributed by atoms with E-state index in [-0.39, 0.29) is 0 Å². The van der Waals surface area contributed by atoms with Gasteiger partial charge >= 0.3 is 17.9 Å². The highest BCUT2D eigenvalue weighted by molar-refractivity contribution is 6.09. The second-order valence-electron chi connectivity index (χ2n) is 5.78. The van der Waals surface area contributed by atoms with E-state index in [1.54, 1.807) is 6.92 Å². The molecule has 2 atom stereocenters. The van der Waals surface area contributed by atoms with Gasteiger partial charge in [-0.05, 0) is 39.7 Å². The van der Waals surface area contributed by atoms with Crippen molar-refractivity contribution in [2.24, 2.45) is 5.92 Å². The monoisotopic (exact) mass is 342 g/mol. The zero-order valence-corrected chi connectivity index (χ0v) is 13.8. The molecule has 0 spiro atoms. The van der Waals surface area contributed by atoms with Gasteiger partial charge in [0.2, 0.25) is 0 Å². The number of carboxylic acid groups (broad SMARTS) is 3. The number of carboxylic acids is 3. The van der Waals surface area contributed by atoms with Crippen LogP contribution in [0.15, 0.2) is 23.3 Å². The molecule has 8 heteroatoms. The summed E-state index contributed by atoms with van der Waals surface area (Å²) in [7, 11) is 0. The molecular formula is C16H22O8. The molecule has 0 saturated carbocycles. The molecular weight excluding hydrogens is 320 g/mol. The molecule has 0 rings (SSSR count). The lowest BCUT2D eigenvalue weighted by Crippen LogP contribution is -2.53. The Labute approximate surface area is 139 Å². The lowest BCUT2D eigenvalue weighted by molar-refractivity contribution is -0.180. The van der Waals surface area contributed by atoms with Crippen molar-refractivity contribution in [1.82, 2.24) is 0 Å². The molecule has 0 aromatic carbocycles. The first-order chi connectivity index (χ1) is 10.9. The number of carbonyl (C=O) groups excluding carboxylic acids is 1. The Hall–Kier alpha value is -2.48. The summed E-state index contributed by atoms with van der Waals surface area (Å²) in [5.74, 6) is -9.29. The summed E-state index contributed by atoms with van der Waals surface area (Å²) in [5.41, 5.74) is -1.67. The highest BCUT2D eigenvalue weighted by Gasteiger charge is 2.53. The molecule has 0 aromatic heterocycles. The number of carbonyl (C=O) groups is 4. The third-order valence-electron chi connectivity index (χ3n) is 3.28. The number of allylic oxidation sites excluding steroid dienone is 4. The van der Waals surface area contributed by atoms with Crippen molar-refractivity contribution in [2.75, 3.05) is 0 Å². The van der Waals surface area contributed by atoms with Crippen LogP contribution in [0.2, 0.25) is 0 Å². The molecule has 0 radical (unpaired) electrons. The van der Waals surface area contributed by atoms with Gasteiger partial charge in [-0.1, -0.05) is 17.2 Å². The van der Waals surface area contributed by atoms with Gasteiger partial charge in [0, 0.05) is 0 Å². The molecule has 0 aliphatic heterocycles. The van der Waals surface area contributed by atoms with E-state index in [1.807, 2.05) is 19.9 Å². The van der Waals surface area contributed by atoms with Crippen LogP contribution >= 0.6 is 0 Å². The molecule has 0 aliphatic rings.